The Morgan fingerprint density at radius 1 is 1.29 bits per heavy atom. The zero-order valence-electron chi connectivity index (χ0n) is 13.3. The third-order valence-corrected chi connectivity index (χ3v) is 3.67. The van der Waals surface area contributed by atoms with Crippen LogP contribution in [-0.2, 0) is 9.53 Å². The molecule has 0 N–H and O–H groups in total. The molecule has 0 radical (unpaired) electrons. The molecule has 1 amide bonds. The van der Waals surface area contributed by atoms with Gasteiger partial charge in [0.25, 0.3) is 5.91 Å². The van der Waals surface area contributed by atoms with Crippen LogP contribution in [0, 0.1) is 13.8 Å². The second-order valence-electron chi connectivity index (χ2n) is 4.84. The van der Waals surface area contributed by atoms with Gasteiger partial charge in [-0.1, -0.05) is 0 Å². The molecule has 7 heteroatoms. The number of ether oxygens (including phenoxy) is 1. The van der Waals surface area contributed by atoms with E-state index in [4.69, 9.17) is 0 Å². The van der Waals surface area contributed by atoms with E-state index >= 15 is 0 Å². The predicted octanol–water partition coefficient (Wildman–Crippen LogP) is 1.84. The third kappa shape index (κ3) is 4.17. The lowest BCUT2D eigenvalue weighted by atomic mass is 10.2. The topological polar surface area (TPSA) is 72.4 Å². The third-order valence-electron chi connectivity index (χ3n) is 2.99. The van der Waals surface area contributed by atoms with E-state index in [0.29, 0.717) is 22.1 Å². The van der Waals surface area contributed by atoms with Crippen LogP contribution >= 0.6 is 11.8 Å². The van der Waals surface area contributed by atoms with Crippen LogP contribution in [-0.4, -0.2) is 52.7 Å². The molecule has 0 unspecified atom stereocenters. The summed E-state index contributed by atoms with van der Waals surface area (Å²) in [5.41, 5.74) is 1.07. The number of amides is 1. The molecule has 0 fully saturated rings. The summed E-state index contributed by atoms with van der Waals surface area (Å²) in [6.45, 7) is 7.18. The molecule has 116 valence electrons. The monoisotopic (exact) mass is 311 g/mol. The summed E-state index contributed by atoms with van der Waals surface area (Å²) in [7, 11) is 1.30. The highest BCUT2D eigenvalue weighted by atomic mass is 32.2. The van der Waals surface area contributed by atoms with Gasteiger partial charge in [-0.2, -0.15) is 0 Å². The smallest absolute Gasteiger partial charge is 0.325 e. The molecule has 1 rings (SSSR count). The highest BCUT2D eigenvalue weighted by molar-refractivity contribution is 7.98. The summed E-state index contributed by atoms with van der Waals surface area (Å²) in [4.78, 5) is 34.3. The van der Waals surface area contributed by atoms with E-state index in [1.165, 1.54) is 23.8 Å². The molecule has 0 spiro atoms. The number of carbonyl (C=O) groups is 2. The van der Waals surface area contributed by atoms with E-state index in [0.717, 1.165) is 0 Å². The molecule has 1 aromatic heterocycles. The molecule has 0 aliphatic rings. The van der Waals surface area contributed by atoms with Crippen LogP contribution in [0.4, 0.5) is 0 Å². The van der Waals surface area contributed by atoms with Gasteiger partial charge in [0.05, 0.1) is 18.4 Å². The molecular weight excluding hydrogens is 290 g/mol. The van der Waals surface area contributed by atoms with Crippen molar-refractivity contribution < 1.29 is 14.3 Å². The lowest BCUT2D eigenvalue weighted by molar-refractivity contribution is -0.141. The van der Waals surface area contributed by atoms with E-state index in [-0.39, 0.29) is 18.5 Å². The van der Waals surface area contributed by atoms with Gasteiger partial charge in [-0.15, -0.1) is 11.8 Å². The minimum Gasteiger partial charge on any atom is -0.468 e. The van der Waals surface area contributed by atoms with E-state index in [2.05, 4.69) is 14.7 Å². The number of thioether (sulfide) groups is 1. The number of hydrogen-bond donors (Lipinski definition) is 0. The minimum absolute atomic E-state index is 0.0891. The highest BCUT2D eigenvalue weighted by Crippen LogP contribution is 2.23. The molecule has 1 aromatic rings. The first-order chi connectivity index (χ1) is 9.81. The predicted molar refractivity (Wildman–Crippen MR) is 81.5 cm³/mol. The van der Waals surface area contributed by atoms with Crippen LogP contribution in [0.15, 0.2) is 5.03 Å². The fourth-order valence-electron chi connectivity index (χ4n) is 1.91. The van der Waals surface area contributed by atoms with Crippen molar-refractivity contribution in [1.82, 2.24) is 14.9 Å². The molecule has 0 bridgehead atoms. The summed E-state index contributed by atoms with van der Waals surface area (Å²) >= 11 is 1.39. The molecule has 0 aromatic carbocycles. The van der Waals surface area contributed by atoms with Gasteiger partial charge < -0.3 is 9.64 Å². The number of aryl methyl sites for hydroxylation is 2. The Bertz CT molecular complexity index is 547. The molecule has 0 aliphatic heterocycles. The molecule has 0 saturated carbocycles. The second kappa shape index (κ2) is 7.40. The van der Waals surface area contributed by atoms with Gasteiger partial charge in [0, 0.05) is 6.04 Å². The number of carbonyl (C=O) groups excluding carboxylic acids is 2. The van der Waals surface area contributed by atoms with Crippen molar-refractivity contribution in [2.45, 2.75) is 38.8 Å². The first-order valence-corrected chi connectivity index (χ1v) is 7.81. The lowest BCUT2D eigenvalue weighted by Crippen LogP contribution is -2.41. The van der Waals surface area contributed by atoms with Crippen molar-refractivity contribution in [2.24, 2.45) is 0 Å². The van der Waals surface area contributed by atoms with Crippen molar-refractivity contribution in [2.75, 3.05) is 19.9 Å². The Kier molecular flexibility index (Phi) is 6.14. The van der Waals surface area contributed by atoms with Crippen LogP contribution in [0.1, 0.15) is 35.7 Å². The second-order valence-corrected chi connectivity index (χ2v) is 5.64. The summed E-state index contributed by atoms with van der Waals surface area (Å²) in [5, 5.41) is 0.625. The minimum atomic E-state index is -0.451. The fourth-order valence-corrected chi connectivity index (χ4v) is 2.57. The Balaban J connectivity index is 3.24. The average Bonchev–Trinajstić information content (AvgIpc) is 2.42. The zero-order chi connectivity index (χ0) is 16.2. The van der Waals surface area contributed by atoms with Gasteiger partial charge in [-0.05, 0) is 34.0 Å². The van der Waals surface area contributed by atoms with Crippen LogP contribution in [0.25, 0.3) is 0 Å². The summed E-state index contributed by atoms with van der Waals surface area (Å²) in [6, 6.07) is -0.132. The van der Waals surface area contributed by atoms with Crippen LogP contribution < -0.4 is 0 Å². The van der Waals surface area contributed by atoms with Gasteiger partial charge in [-0.25, -0.2) is 9.97 Å². The molecule has 21 heavy (non-hydrogen) atoms. The number of hydrogen-bond acceptors (Lipinski definition) is 6. The molecule has 0 aliphatic carbocycles. The summed E-state index contributed by atoms with van der Waals surface area (Å²) in [5.74, 6) is -0.0804. The Hall–Kier alpha value is -1.63. The summed E-state index contributed by atoms with van der Waals surface area (Å²) in [6.07, 6.45) is 1.86. The molecule has 6 nitrogen and oxygen atoms in total. The van der Waals surface area contributed by atoms with Gasteiger partial charge in [0.1, 0.15) is 17.4 Å². The van der Waals surface area contributed by atoms with Gasteiger partial charge in [0.15, 0.2) is 0 Å². The van der Waals surface area contributed by atoms with Crippen molar-refractivity contribution in [3.63, 3.8) is 0 Å². The number of esters is 1. The number of rotatable bonds is 5. The SMILES string of the molecule is COC(=O)CN(C(=O)c1c(C)nc(C)nc1SC)C(C)C. The zero-order valence-corrected chi connectivity index (χ0v) is 14.1. The Morgan fingerprint density at radius 3 is 2.38 bits per heavy atom. The number of nitrogens with zero attached hydrogens (tertiary/aromatic N) is 3. The molecule has 0 saturated heterocycles. The van der Waals surface area contributed by atoms with Crippen molar-refractivity contribution in [1.29, 1.82) is 0 Å². The van der Waals surface area contributed by atoms with E-state index < -0.39 is 5.97 Å². The summed E-state index contributed by atoms with van der Waals surface area (Å²) < 4.78 is 4.65. The maximum Gasteiger partial charge on any atom is 0.325 e. The number of aromatic nitrogens is 2. The first-order valence-electron chi connectivity index (χ1n) is 6.58. The average molecular weight is 311 g/mol. The maximum absolute atomic E-state index is 12.8. The van der Waals surface area contributed by atoms with E-state index in [1.54, 1.807) is 13.8 Å². The maximum atomic E-state index is 12.8. The largest absolute Gasteiger partial charge is 0.468 e. The Morgan fingerprint density at radius 2 is 1.90 bits per heavy atom. The van der Waals surface area contributed by atoms with E-state index in [9.17, 15) is 9.59 Å². The normalized spacial score (nSPS) is 10.6. The van der Waals surface area contributed by atoms with Crippen molar-refractivity contribution in [3.8, 4) is 0 Å². The molecular formula is C14H21N3O3S. The number of methoxy groups -OCH3 is 1. The van der Waals surface area contributed by atoms with Crippen molar-refractivity contribution in [3.05, 3.63) is 17.1 Å². The van der Waals surface area contributed by atoms with Crippen LogP contribution in [0.5, 0.6) is 0 Å². The van der Waals surface area contributed by atoms with Crippen molar-refractivity contribution >= 4 is 23.6 Å². The van der Waals surface area contributed by atoms with Crippen LogP contribution in [0.3, 0.4) is 0 Å². The lowest BCUT2D eigenvalue weighted by Gasteiger charge is -2.26. The quantitative estimate of drug-likeness (QED) is 0.469. The molecule has 0 atom stereocenters. The fraction of sp³-hybridized carbons (Fsp3) is 0.571. The van der Waals surface area contributed by atoms with Gasteiger partial charge >= 0.3 is 5.97 Å². The highest BCUT2D eigenvalue weighted by Gasteiger charge is 2.26. The standard InChI is InChI=1S/C14H21N3O3S/c1-8(2)17(7-11(18)20-5)14(19)12-9(3)15-10(4)16-13(12)21-6/h8H,7H2,1-6H3. The molecule has 1 heterocycles. The Labute approximate surface area is 129 Å². The van der Waals surface area contributed by atoms with Gasteiger partial charge in [-0.3, -0.25) is 9.59 Å². The van der Waals surface area contributed by atoms with Gasteiger partial charge in [0.2, 0.25) is 0 Å². The van der Waals surface area contributed by atoms with Crippen LogP contribution in [0.2, 0.25) is 0 Å². The first kappa shape index (κ1) is 17.4. The van der Waals surface area contributed by atoms with E-state index in [1.807, 2.05) is 20.1 Å².